The third kappa shape index (κ3) is 5.77. The fraction of sp³-hybridized carbons (Fsp3) is 0.385. The second-order valence-corrected chi connectivity index (χ2v) is 8.58. The van der Waals surface area contributed by atoms with Gasteiger partial charge >= 0.3 is 0 Å². The monoisotopic (exact) mass is 431 g/mol. The molecule has 1 amide bonds. The maximum absolute atomic E-state index is 12.3. The number of amides is 1. The Morgan fingerprint density at radius 2 is 1.78 bits per heavy atom. The van der Waals surface area contributed by atoms with Crippen molar-refractivity contribution in [3.05, 3.63) is 72.2 Å². The summed E-state index contributed by atoms with van der Waals surface area (Å²) in [6, 6.07) is 16.8. The standard InChI is InChI=1S/C26H33N5O/c1-21-8-9-25(22(2)18-21)31-16-14-29(15-17-31)13-11-27-26(32)10-12-30-19-24(28-20-30)23-6-4-3-5-7-23/h3-9,18-20H,10-17H2,1-2H3,(H,27,32). The van der Waals surface area contributed by atoms with Crippen LogP contribution in [0.3, 0.4) is 0 Å². The summed E-state index contributed by atoms with van der Waals surface area (Å²) in [5.41, 5.74) is 6.03. The van der Waals surface area contributed by atoms with E-state index in [-0.39, 0.29) is 5.91 Å². The molecule has 0 spiro atoms. The Balaban J connectivity index is 1.14. The molecule has 0 bridgehead atoms. The molecule has 2 aromatic carbocycles. The molecule has 1 aromatic heterocycles. The topological polar surface area (TPSA) is 53.4 Å². The van der Waals surface area contributed by atoms with Crippen LogP contribution < -0.4 is 10.2 Å². The normalized spacial score (nSPS) is 14.5. The third-order valence-corrected chi connectivity index (χ3v) is 6.12. The average Bonchev–Trinajstić information content (AvgIpc) is 3.28. The van der Waals surface area contributed by atoms with Crippen molar-refractivity contribution < 1.29 is 4.79 Å². The van der Waals surface area contributed by atoms with E-state index in [0.717, 1.165) is 44.0 Å². The summed E-state index contributed by atoms with van der Waals surface area (Å²) in [5, 5.41) is 3.07. The van der Waals surface area contributed by atoms with Gasteiger partial charge < -0.3 is 14.8 Å². The van der Waals surface area contributed by atoms with Crippen LogP contribution in [0, 0.1) is 13.8 Å². The molecule has 32 heavy (non-hydrogen) atoms. The molecule has 1 fully saturated rings. The van der Waals surface area contributed by atoms with E-state index < -0.39 is 0 Å². The molecule has 6 heteroatoms. The molecule has 1 aliphatic rings. The number of aromatic nitrogens is 2. The molecule has 0 unspecified atom stereocenters. The number of hydrogen-bond donors (Lipinski definition) is 1. The van der Waals surface area contributed by atoms with E-state index in [9.17, 15) is 4.79 Å². The molecular formula is C26H33N5O. The maximum Gasteiger partial charge on any atom is 0.221 e. The van der Waals surface area contributed by atoms with Crippen LogP contribution in [-0.2, 0) is 11.3 Å². The average molecular weight is 432 g/mol. The van der Waals surface area contributed by atoms with Crippen LogP contribution in [0.15, 0.2) is 61.1 Å². The number of carbonyl (C=O) groups excluding carboxylic acids is 1. The second kappa shape index (κ2) is 10.5. The van der Waals surface area contributed by atoms with Crippen LogP contribution in [0.1, 0.15) is 17.5 Å². The smallest absolute Gasteiger partial charge is 0.221 e. The minimum Gasteiger partial charge on any atom is -0.369 e. The van der Waals surface area contributed by atoms with Gasteiger partial charge in [-0.15, -0.1) is 0 Å². The van der Waals surface area contributed by atoms with Gasteiger partial charge in [-0.25, -0.2) is 4.98 Å². The van der Waals surface area contributed by atoms with Gasteiger partial charge in [0.1, 0.15) is 0 Å². The first-order chi connectivity index (χ1) is 15.6. The highest BCUT2D eigenvalue weighted by molar-refractivity contribution is 5.75. The highest BCUT2D eigenvalue weighted by Crippen LogP contribution is 2.22. The van der Waals surface area contributed by atoms with Gasteiger partial charge in [-0.05, 0) is 25.5 Å². The Hall–Kier alpha value is -3.12. The van der Waals surface area contributed by atoms with Gasteiger partial charge in [0, 0.05) is 69.7 Å². The lowest BCUT2D eigenvalue weighted by Crippen LogP contribution is -2.48. The number of aryl methyl sites for hydroxylation is 3. The van der Waals surface area contributed by atoms with E-state index in [1.165, 1.54) is 16.8 Å². The quantitative estimate of drug-likeness (QED) is 0.593. The molecule has 1 aliphatic heterocycles. The van der Waals surface area contributed by atoms with Crippen LogP contribution >= 0.6 is 0 Å². The van der Waals surface area contributed by atoms with E-state index in [2.05, 4.69) is 52.1 Å². The first-order valence-electron chi connectivity index (χ1n) is 11.5. The van der Waals surface area contributed by atoms with Gasteiger partial charge in [-0.1, -0.05) is 48.0 Å². The highest BCUT2D eigenvalue weighted by Gasteiger charge is 2.18. The molecule has 0 radical (unpaired) electrons. The first kappa shape index (κ1) is 22.1. The zero-order valence-electron chi connectivity index (χ0n) is 19.1. The lowest BCUT2D eigenvalue weighted by atomic mass is 10.1. The molecule has 4 rings (SSSR count). The number of rotatable bonds is 8. The summed E-state index contributed by atoms with van der Waals surface area (Å²) in [6.07, 6.45) is 4.26. The molecule has 6 nitrogen and oxygen atoms in total. The molecule has 1 N–H and O–H groups in total. The van der Waals surface area contributed by atoms with Crippen LogP contribution in [0.25, 0.3) is 11.3 Å². The van der Waals surface area contributed by atoms with Crippen LogP contribution in [0.4, 0.5) is 5.69 Å². The van der Waals surface area contributed by atoms with E-state index in [0.29, 0.717) is 19.5 Å². The molecule has 3 aromatic rings. The van der Waals surface area contributed by atoms with Gasteiger partial charge in [0.2, 0.25) is 5.91 Å². The Bertz CT molecular complexity index is 1020. The van der Waals surface area contributed by atoms with Gasteiger partial charge in [-0.2, -0.15) is 0 Å². The maximum atomic E-state index is 12.3. The van der Waals surface area contributed by atoms with Gasteiger partial charge in [0.05, 0.1) is 12.0 Å². The number of anilines is 1. The Morgan fingerprint density at radius 3 is 2.53 bits per heavy atom. The number of nitrogens with one attached hydrogen (secondary N) is 1. The number of benzene rings is 2. The van der Waals surface area contributed by atoms with Crippen molar-refractivity contribution >= 4 is 11.6 Å². The molecular weight excluding hydrogens is 398 g/mol. The molecule has 0 saturated carbocycles. The van der Waals surface area contributed by atoms with Crippen molar-refractivity contribution in [2.75, 3.05) is 44.2 Å². The van der Waals surface area contributed by atoms with E-state index in [1.54, 1.807) is 6.33 Å². The van der Waals surface area contributed by atoms with Crippen molar-refractivity contribution in [2.24, 2.45) is 0 Å². The summed E-state index contributed by atoms with van der Waals surface area (Å²) < 4.78 is 1.98. The van der Waals surface area contributed by atoms with Crippen LogP contribution in [0.5, 0.6) is 0 Å². The van der Waals surface area contributed by atoms with Gasteiger partial charge in [0.25, 0.3) is 0 Å². The Morgan fingerprint density at radius 1 is 1.00 bits per heavy atom. The Labute approximate surface area is 190 Å². The van der Waals surface area contributed by atoms with Crippen molar-refractivity contribution in [3.63, 3.8) is 0 Å². The summed E-state index contributed by atoms with van der Waals surface area (Å²) >= 11 is 0. The molecule has 1 saturated heterocycles. The van der Waals surface area contributed by atoms with E-state index in [1.807, 2.05) is 41.1 Å². The van der Waals surface area contributed by atoms with E-state index in [4.69, 9.17) is 0 Å². The van der Waals surface area contributed by atoms with Crippen molar-refractivity contribution in [1.82, 2.24) is 19.8 Å². The van der Waals surface area contributed by atoms with Crippen molar-refractivity contribution in [3.8, 4) is 11.3 Å². The number of hydrogen-bond acceptors (Lipinski definition) is 4. The molecule has 168 valence electrons. The number of imidazole rings is 1. The molecule has 2 heterocycles. The predicted octanol–water partition coefficient (Wildman–Crippen LogP) is 3.50. The van der Waals surface area contributed by atoms with E-state index >= 15 is 0 Å². The van der Waals surface area contributed by atoms with Crippen molar-refractivity contribution in [2.45, 2.75) is 26.8 Å². The number of nitrogens with zero attached hydrogens (tertiary/aromatic N) is 4. The summed E-state index contributed by atoms with van der Waals surface area (Å²) in [7, 11) is 0. The minimum atomic E-state index is 0.0916. The number of carbonyl (C=O) groups is 1. The Kier molecular flexibility index (Phi) is 7.22. The summed E-state index contributed by atoms with van der Waals surface area (Å²) in [5.74, 6) is 0.0916. The van der Waals surface area contributed by atoms with Crippen LogP contribution in [0.2, 0.25) is 0 Å². The zero-order valence-corrected chi connectivity index (χ0v) is 19.1. The third-order valence-electron chi connectivity index (χ3n) is 6.12. The largest absolute Gasteiger partial charge is 0.369 e. The fourth-order valence-corrected chi connectivity index (χ4v) is 4.29. The van der Waals surface area contributed by atoms with Crippen LogP contribution in [-0.4, -0.2) is 59.6 Å². The number of piperazine rings is 1. The second-order valence-electron chi connectivity index (χ2n) is 8.58. The fourth-order valence-electron chi connectivity index (χ4n) is 4.29. The molecule has 0 atom stereocenters. The summed E-state index contributed by atoms with van der Waals surface area (Å²) in [4.78, 5) is 21.6. The lowest BCUT2D eigenvalue weighted by Gasteiger charge is -2.36. The predicted molar refractivity (Wildman–Crippen MR) is 130 cm³/mol. The SMILES string of the molecule is Cc1ccc(N2CCN(CCNC(=O)CCn3cnc(-c4ccccc4)c3)CC2)c(C)c1. The lowest BCUT2D eigenvalue weighted by molar-refractivity contribution is -0.121. The zero-order chi connectivity index (χ0) is 22.3. The summed E-state index contributed by atoms with van der Waals surface area (Å²) in [6.45, 7) is 10.7. The highest BCUT2D eigenvalue weighted by atomic mass is 16.1. The van der Waals surface area contributed by atoms with Crippen molar-refractivity contribution in [1.29, 1.82) is 0 Å². The molecule has 0 aliphatic carbocycles. The van der Waals surface area contributed by atoms with Gasteiger partial charge in [0.15, 0.2) is 0 Å². The first-order valence-corrected chi connectivity index (χ1v) is 11.5. The minimum absolute atomic E-state index is 0.0916. The van der Waals surface area contributed by atoms with Gasteiger partial charge in [-0.3, -0.25) is 9.69 Å².